The number of guanidine groups is 1. The third-order valence-electron chi connectivity index (χ3n) is 2.80. The molecule has 1 aliphatic heterocycles. The van der Waals surface area contributed by atoms with Crippen LogP contribution in [0.4, 0.5) is 0 Å². The first kappa shape index (κ1) is 15.7. The van der Waals surface area contributed by atoms with Gasteiger partial charge in [-0.05, 0) is 12.8 Å². The Kier molecular flexibility index (Phi) is 6.58. The molecule has 1 aliphatic rings. The second-order valence-corrected chi connectivity index (χ2v) is 5.03. The number of nitrogens with one attached hydrogen (secondary N) is 2. The lowest BCUT2D eigenvalue weighted by Crippen LogP contribution is -2.54. The smallest absolute Gasteiger partial charge is 0.245 e. The molecule has 1 fully saturated rings. The standard InChI is InChI=1S/C12H25N5O2/c1-9(2)8-14-12(16-13)15-10(3)11(18)17-4-6-19-7-5-17/h9-10H,4-8,13H2,1-3H3,(H2,14,15,16). The minimum atomic E-state index is -0.361. The molecule has 1 atom stereocenters. The van der Waals surface area contributed by atoms with Gasteiger partial charge in [0.05, 0.1) is 13.2 Å². The zero-order valence-electron chi connectivity index (χ0n) is 12.0. The fourth-order valence-corrected chi connectivity index (χ4v) is 1.73. The van der Waals surface area contributed by atoms with Crippen LogP contribution in [0, 0.1) is 5.92 Å². The highest BCUT2D eigenvalue weighted by atomic mass is 16.5. The predicted octanol–water partition coefficient (Wildman–Crippen LogP) is -0.701. The van der Waals surface area contributed by atoms with Crippen molar-refractivity contribution in [3.63, 3.8) is 0 Å². The number of hydrazine groups is 1. The van der Waals surface area contributed by atoms with Crippen LogP contribution >= 0.6 is 0 Å². The highest BCUT2D eigenvalue weighted by Gasteiger charge is 2.22. The lowest BCUT2D eigenvalue weighted by atomic mass is 10.2. The molecule has 7 nitrogen and oxygen atoms in total. The van der Waals surface area contributed by atoms with E-state index in [1.54, 1.807) is 11.8 Å². The first-order valence-electron chi connectivity index (χ1n) is 6.68. The molecule has 1 amide bonds. The number of carbonyl (C=O) groups is 1. The molecule has 1 heterocycles. The number of morpholine rings is 1. The molecule has 1 unspecified atom stereocenters. The number of hydrogen-bond donors (Lipinski definition) is 3. The average Bonchev–Trinajstić information content (AvgIpc) is 2.43. The molecule has 0 spiro atoms. The second-order valence-electron chi connectivity index (χ2n) is 5.03. The van der Waals surface area contributed by atoms with E-state index in [1.807, 2.05) is 0 Å². The van der Waals surface area contributed by atoms with Crippen molar-refractivity contribution in [2.75, 3.05) is 32.8 Å². The summed E-state index contributed by atoms with van der Waals surface area (Å²) in [5.41, 5.74) is 2.49. The summed E-state index contributed by atoms with van der Waals surface area (Å²) in [5, 5.41) is 3.00. The van der Waals surface area contributed by atoms with Gasteiger partial charge in [0, 0.05) is 19.6 Å². The Morgan fingerprint density at radius 2 is 2.00 bits per heavy atom. The van der Waals surface area contributed by atoms with Gasteiger partial charge in [0.1, 0.15) is 6.04 Å². The van der Waals surface area contributed by atoms with Gasteiger partial charge in [0.2, 0.25) is 11.9 Å². The van der Waals surface area contributed by atoms with Gasteiger partial charge >= 0.3 is 0 Å². The summed E-state index contributed by atoms with van der Waals surface area (Å²) in [6.45, 7) is 9.08. The number of nitrogens with zero attached hydrogens (tertiary/aromatic N) is 2. The molecule has 0 radical (unpaired) electrons. The van der Waals surface area contributed by atoms with Gasteiger partial charge in [-0.25, -0.2) is 5.84 Å². The van der Waals surface area contributed by atoms with Crippen molar-refractivity contribution in [1.82, 2.24) is 15.6 Å². The molecular weight excluding hydrogens is 246 g/mol. The van der Waals surface area contributed by atoms with Crippen molar-refractivity contribution in [2.45, 2.75) is 26.8 Å². The van der Waals surface area contributed by atoms with Crippen molar-refractivity contribution in [2.24, 2.45) is 16.8 Å². The quantitative estimate of drug-likeness (QED) is 0.272. The Labute approximate surface area is 114 Å². The zero-order chi connectivity index (χ0) is 14.3. The van der Waals surface area contributed by atoms with Gasteiger partial charge in [-0.15, -0.1) is 0 Å². The Hall–Kier alpha value is -1.34. The first-order valence-corrected chi connectivity index (χ1v) is 6.68. The summed E-state index contributed by atoms with van der Waals surface area (Å²) < 4.78 is 5.23. The minimum absolute atomic E-state index is 0.0378. The molecule has 19 heavy (non-hydrogen) atoms. The summed E-state index contributed by atoms with van der Waals surface area (Å²) in [7, 11) is 0. The molecular formula is C12H25N5O2. The van der Waals surface area contributed by atoms with Crippen LogP contribution in [0.25, 0.3) is 0 Å². The van der Waals surface area contributed by atoms with E-state index in [9.17, 15) is 4.79 Å². The van der Waals surface area contributed by atoms with Crippen LogP contribution in [0.1, 0.15) is 20.8 Å². The second kappa shape index (κ2) is 7.96. The Morgan fingerprint density at radius 1 is 1.37 bits per heavy atom. The molecule has 1 rings (SSSR count). The predicted molar refractivity (Wildman–Crippen MR) is 74.5 cm³/mol. The molecule has 7 heteroatoms. The SMILES string of the molecule is CC(C)CN=C(NN)NC(C)C(=O)N1CCOCC1. The highest BCUT2D eigenvalue weighted by Crippen LogP contribution is 2.00. The number of hydrogen-bond acceptors (Lipinski definition) is 4. The van der Waals surface area contributed by atoms with Crippen molar-refractivity contribution in [3.8, 4) is 0 Å². The van der Waals surface area contributed by atoms with E-state index in [0.29, 0.717) is 44.7 Å². The Morgan fingerprint density at radius 3 is 2.53 bits per heavy atom. The van der Waals surface area contributed by atoms with E-state index in [1.165, 1.54) is 0 Å². The lowest BCUT2D eigenvalue weighted by molar-refractivity contribution is -0.136. The maximum atomic E-state index is 12.2. The summed E-state index contributed by atoms with van der Waals surface area (Å²) in [4.78, 5) is 18.2. The van der Waals surface area contributed by atoms with Crippen LogP contribution in [0.5, 0.6) is 0 Å². The van der Waals surface area contributed by atoms with Crippen molar-refractivity contribution >= 4 is 11.9 Å². The molecule has 4 N–H and O–H groups in total. The summed E-state index contributed by atoms with van der Waals surface area (Å²) in [6.07, 6.45) is 0. The van der Waals surface area contributed by atoms with E-state index in [4.69, 9.17) is 10.6 Å². The van der Waals surface area contributed by atoms with E-state index in [-0.39, 0.29) is 11.9 Å². The summed E-state index contributed by atoms with van der Waals surface area (Å²) in [5.74, 6) is 6.32. The summed E-state index contributed by atoms with van der Waals surface area (Å²) >= 11 is 0. The molecule has 0 saturated carbocycles. The zero-order valence-corrected chi connectivity index (χ0v) is 12.0. The van der Waals surface area contributed by atoms with Crippen molar-refractivity contribution in [1.29, 1.82) is 0 Å². The Balaban J connectivity index is 2.48. The van der Waals surface area contributed by atoms with Crippen LogP contribution in [0.3, 0.4) is 0 Å². The van der Waals surface area contributed by atoms with Gasteiger partial charge in [0.25, 0.3) is 0 Å². The van der Waals surface area contributed by atoms with Gasteiger partial charge in [-0.1, -0.05) is 13.8 Å². The van der Waals surface area contributed by atoms with Crippen LogP contribution < -0.4 is 16.6 Å². The normalized spacial score (nSPS) is 18.4. The summed E-state index contributed by atoms with van der Waals surface area (Å²) in [6, 6.07) is -0.361. The number of rotatable bonds is 4. The van der Waals surface area contributed by atoms with Gasteiger partial charge in [-0.2, -0.15) is 0 Å². The molecule has 0 bridgehead atoms. The number of nitrogens with two attached hydrogens (primary N) is 1. The average molecular weight is 271 g/mol. The van der Waals surface area contributed by atoms with Gasteiger partial charge in [-0.3, -0.25) is 15.2 Å². The molecule has 110 valence electrons. The fourth-order valence-electron chi connectivity index (χ4n) is 1.73. The van der Waals surface area contributed by atoms with E-state index in [2.05, 4.69) is 29.6 Å². The van der Waals surface area contributed by atoms with Crippen LogP contribution in [0.15, 0.2) is 4.99 Å². The Bertz CT molecular complexity index is 313. The number of aliphatic imine (C=N–C) groups is 1. The van der Waals surface area contributed by atoms with Crippen molar-refractivity contribution in [3.05, 3.63) is 0 Å². The largest absolute Gasteiger partial charge is 0.378 e. The van der Waals surface area contributed by atoms with Crippen LogP contribution in [-0.2, 0) is 9.53 Å². The minimum Gasteiger partial charge on any atom is -0.378 e. The maximum absolute atomic E-state index is 12.2. The molecule has 1 saturated heterocycles. The van der Waals surface area contributed by atoms with Crippen LogP contribution in [0.2, 0.25) is 0 Å². The molecule has 0 aromatic rings. The van der Waals surface area contributed by atoms with Crippen LogP contribution in [-0.4, -0.2) is 55.7 Å². The third-order valence-corrected chi connectivity index (χ3v) is 2.80. The number of carbonyl (C=O) groups excluding carboxylic acids is 1. The molecule has 0 aromatic carbocycles. The van der Waals surface area contributed by atoms with E-state index >= 15 is 0 Å². The molecule has 0 aliphatic carbocycles. The fraction of sp³-hybridized carbons (Fsp3) is 0.833. The van der Waals surface area contributed by atoms with Gasteiger partial charge < -0.3 is 15.0 Å². The van der Waals surface area contributed by atoms with Crippen molar-refractivity contribution < 1.29 is 9.53 Å². The maximum Gasteiger partial charge on any atom is 0.245 e. The number of ether oxygens (including phenoxy) is 1. The lowest BCUT2D eigenvalue weighted by Gasteiger charge is -2.29. The first-order chi connectivity index (χ1) is 9.04. The topological polar surface area (TPSA) is 92.0 Å². The molecule has 0 aromatic heterocycles. The van der Waals surface area contributed by atoms with E-state index in [0.717, 1.165) is 0 Å². The highest BCUT2D eigenvalue weighted by molar-refractivity contribution is 5.88. The van der Waals surface area contributed by atoms with E-state index < -0.39 is 0 Å². The monoisotopic (exact) mass is 271 g/mol. The third kappa shape index (κ3) is 5.44. The number of amides is 1. The van der Waals surface area contributed by atoms with Gasteiger partial charge in [0.15, 0.2) is 0 Å².